The molecule has 4 N–H and O–H groups in total. The van der Waals surface area contributed by atoms with E-state index in [-0.39, 0.29) is 30.1 Å². The average molecular weight is 445 g/mol. The van der Waals surface area contributed by atoms with Crippen LogP contribution < -0.4 is 23.0 Å². The lowest BCUT2D eigenvalue weighted by Crippen LogP contribution is -3.00. The maximum atomic E-state index is 12.5. The van der Waals surface area contributed by atoms with Crippen LogP contribution in [0.25, 0.3) is 0 Å². The van der Waals surface area contributed by atoms with E-state index in [9.17, 15) is 14.7 Å². The maximum absolute atomic E-state index is 12.5. The number of aliphatic hydroxyl groups excluding tert-OH is 1. The van der Waals surface area contributed by atoms with Crippen LogP contribution >= 0.6 is 0 Å². The first-order valence-electron chi connectivity index (χ1n) is 10.5. The van der Waals surface area contributed by atoms with Crippen molar-refractivity contribution in [3.63, 3.8) is 0 Å². The Labute approximate surface area is 191 Å². The first kappa shape index (κ1) is 26.6. The number of ketones is 1. The number of allylic oxidation sites excluding steroid dienone is 1. The van der Waals surface area contributed by atoms with Gasteiger partial charge in [0, 0.05) is 17.3 Å². The van der Waals surface area contributed by atoms with Gasteiger partial charge in [-0.1, -0.05) is 48.9 Å². The van der Waals surface area contributed by atoms with Gasteiger partial charge >= 0.3 is 0 Å². The molecule has 168 valence electrons. The van der Waals surface area contributed by atoms with E-state index in [4.69, 9.17) is 0 Å². The van der Waals surface area contributed by atoms with E-state index >= 15 is 0 Å². The van der Waals surface area contributed by atoms with Crippen LogP contribution in [-0.2, 0) is 11.2 Å². The van der Waals surface area contributed by atoms with Gasteiger partial charge < -0.3 is 28.1 Å². The summed E-state index contributed by atoms with van der Waals surface area (Å²) in [5.74, 6) is -0.193. The van der Waals surface area contributed by atoms with Crippen molar-refractivity contribution in [1.29, 1.82) is 0 Å². The van der Waals surface area contributed by atoms with Crippen LogP contribution in [0.2, 0.25) is 0 Å². The molecule has 0 aliphatic rings. The zero-order chi connectivity index (χ0) is 22.1. The first-order chi connectivity index (χ1) is 14.3. The number of hydrogen-bond donors (Lipinski definition) is 3. The summed E-state index contributed by atoms with van der Waals surface area (Å²) >= 11 is 0. The van der Waals surface area contributed by atoms with Gasteiger partial charge in [-0.25, -0.2) is 0 Å². The van der Waals surface area contributed by atoms with Crippen LogP contribution in [0.3, 0.4) is 0 Å². The number of nitrogens with two attached hydrogens (primary N) is 1. The molecule has 0 saturated heterocycles. The Morgan fingerprint density at radius 1 is 1.13 bits per heavy atom. The maximum Gasteiger partial charge on any atom is 0.248 e. The van der Waals surface area contributed by atoms with Crippen molar-refractivity contribution in [1.82, 2.24) is 0 Å². The second-order valence-electron chi connectivity index (χ2n) is 7.89. The third kappa shape index (κ3) is 8.66. The topological polar surface area (TPSA) is 83.0 Å². The number of hydrogen-bond acceptors (Lipinski definition) is 3. The smallest absolute Gasteiger partial charge is 0.248 e. The summed E-state index contributed by atoms with van der Waals surface area (Å²) in [4.78, 5) is 24.4. The number of aryl methyl sites for hydroxylation is 1. The molecule has 2 aromatic carbocycles. The van der Waals surface area contributed by atoms with Crippen molar-refractivity contribution >= 4 is 17.4 Å². The molecular formula is C25H33ClN2O3. The van der Waals surface area contributed by atoms with E-state index < -0.39 is 6.10 Å². The highest BCUT2D eigenvalue weighted by Gasteiger charge is 2.19. The summed E-state index contributed by atoms with van der Waals surface area (Å²) in [5, 5.41) is 15.3. The van der Waals surface area contributed by atoms with Gasteiger partial charge in [-0.2, -0.15) is 0 Å². The summed E-state index contributed by atoms with van der Waals surface area (Å²) in [6.07, 6.45) is 2.27. The van der Waals surface area contributed by atoms with Crippen LogP contribution in [0.5, 0.6) is 0 Å². The van der Waals surface area contributed by atoms with Crippen LogP contribution in [0.1, 0.15) is 61.7 Å². The van der Waals surface area contributed by atoms with Crippen molar-refractivity contribution in [3.8, 4) is 0 Å². The quantitative estimate of drug-likeness (QED) is 0.367. The molecule has 0 aliphatic carbocycles. The SMILES string of the molecule is CCc1ccc(C(O)C(C)[NH2+]CCC(=O)c2cccc(NC(=O)C=C(C)C)c2)cc1.[Cl-]. The molecule has 5 nitrogen and oxygen atoms in total. The van der Waals surface area contributed by atoms with Gasteiger partial charge in [0.15, 0.2) is 5.78 Å². The predicted molar refractivity (Wildman–Crippen MR) is 120 cm³/mol. The van der Waals surface area contributed by atoms with Gasteiger partial charge in [-0.3, -0.25) is 9.59 Å². The fourth-order valence-electron chi connectivity index (χ4n) is 3.22. The largest absolute Gasteiger partial charge is 1.00 e. The predicted octanol–water partition coefficient (Wildman–Crippen LogP) is 0.416. The molecule has 0 aliphatic heterocycles. The Bertz CT molecular complexity index is 890. The van der Waals surface area contributed by atoms with Crippen molar-refractivity contribution in [2.24, 2.45) is 0 Å². The highest BCUT2D eigenvalue weighted by atomic mass is 35.5. The Hall–Kier alpha value is -2.47. The highest BCUT2D eigenvalue weighted by Crippen LogP contribution is 2.16. The minimum Gasteiger partial charge on any atom is -1.00 e. The normalized spacial score (nSPS) is 12.3. The number of anilines is 1. The van der Waals surface area contributed by atoms with Crippen LogP contribution in [-0.4, -0.2) is 29.4 Å². The van der Waals surface area contributed by atoms with E-state index in [2.05, 4.69) is 12.2 Å². The van der Waals surface area contributed by atoms with Gasteiger partial charge in [-0.15, -0.1) is 0 Å². The minimum absolute atomic E-state index is 0. The lowest BCUT2D eigenvalue weighted by Gasteiger charge is -2.18. The van der Waals surface area contributed by atoms with E-state index in [1.165, 1.54) is 11.6 Å². The van der Waals surface area contributed by atoms with Crippen molar-refractivity contribution < 1.29 is 32.4 Å². The van der Waals surface area contributed by atoms with Gasteiger partial charge in [0.1, 0.15) is 12.1 Å². The molecule has 2 rings (SSSR count). The molecule has 0 fully saturated rings. The number of rotatable bonds is 10. The third-order valence-electron chi connectivity index (χ3n) is 5.01. The van der Waals surface area contributed by atoms with E-state index in [0.717, 1.165) is 17.6 Å². The molecular weight excluding hydrogens is 412 g/mol. The number of nitrogens with one attached hydrogen (secondary N) is 1. The van der Waals surface area contributed by atoms with Crippen molar-refractivity contribution in [3.05, 3.63) is 76.9 Å². The van der Waals surface area contributed by atoms with E-state index in [1.807, 2.05) is 50.4 Å². The second-order valence-corrected chi connectivity index (χ2v) is 7.89. The molecule has 0 spiro atoms. The molecule has 0 radical (unpaired) electrons. The number of quaternary nitrogens is 1. The lowest BCUT2D eigenvalue weighted by atomic mass is 10.0. The van der Waals surface area contributed by atoms with Gasteiger partial charge in [-0.05, 0) is 50.5 Å². The summed E-state index contributed by atoms with van der Waals surface area (Å²) in [6.45, 7) is 8.36. The Kier molecular flexibility index (Phi) is 11.2. The van der Waals surface area contributed by atoms with Gasteiger partial charge in [0.2, 0.25) is 5.91 Å². The lowest BCUT2D eigenvalue weighted by molar-refractivity contribution is -0.693. The van der Waals surface area contributed by atoms with Gasteiger partial charge in [0.25, 0.3) is 0 Å². The summed E-state index contributed by atoms with van der Waals surface area (Å²) < 4.78 is 0. The Morgan fingerprint density at radius 2 is 1.81 bits per heavy atom. The molecule has 2 atom stereocenters. The molecule has 31 heavy (non-hydrogen) atoms. The summed E-state index contributed by atoms with van der Waals surface area (Å²) in [5.41, 5.74) is 4.22. The number of aliphatic hydroxyl groups is 1. The zero-order valence-corrected chi connectivity index (χ0v) is 19.4. The number of benzene rings is 2. The number of amides is 1. The molecule has 2 unspecified atom stereocenters. The standard InChI is InChI=1S/C25H32N2O3.ClH/c1-5-19-9-11-20(12-10-19)25(30)18(4)26-14-13-23(28)21-7-6-8-22(16-21)27-24(29)15-17(2)3;/h6-12,15-16,18,25-26,30H,5,13-14H2,1-4H3,(H,27,29);1H. The van der Waals surface area contributed by atoms with Crippen LogP contribution in [0.4, 0.5) is 5.69 Å². The molecule has 1 amide bonds. The number of Topliss-reactive ketones (excluding diaryl/α,β-unsaturated/α-hetero) is 1. The molecule has 2 aromatic rings. The number of carbonyl (C=O) groups is 2. The Balaban J connectivity index is 0.00000480. The third-order valence-corrected chi connectivity index (χ3v) is 5.01. The highest BCUT2D eigenvalue weighted by molar-refractivity contribution is 6.01. The summed E-state index contributed by atoms with van der Waals surface area (Å²) in [6, 6.07) is 14.9. The molecule has 0 aromatic heterocycles. The molecule has 0 saturated carbocycles. The van der Waals surface area contributed by atoms with Crippen LogP contribution in [0.15, 0.2) is 60.2 Å². The molecule has 6 heteroatoms. The zero-order valence-electron chi connectivity index (χ0n) is 18.7. The number of carbonyl (C=O) groups excluding carboxylic acids is 2. The van der Waals surface area contributed by atoms with Crippen molar-refractivity contribution in [2.75, 3.05) is 11.9 Å². The second kappa shape index (κ2) is 13.1. The van der Waals surface area contributed by atoms with E-state index in [1.54, 1.807) is 24.3 Å². The monoisotopic (exact) mass is 444 g/mol. The molecule has 0 heterocycles. The fraction of sp³-hybridized carbons (Fsp3) is 0.360. The minimum atomic E-state index is -0.584. The first-order valence-corrected chi connectivity index (χ1v) is 10.5. The average Bonchev–Trinajstić information content (AvgIpc) is 2.72. The van der Waals surface area contributed by atoms with Crippen molar-refractivity contribution in [2.45, 2.75) is 52.7 Å². The number of halogens is 1. The fourth-order valence-corrected chi connectivity index (χ4v) is 3.22. The van der Waals surface area contributed by atoms with E-state index in [0.29, 0.717) is 24.2 Å². The molecule has 0 bridgehead atoms. The van der Waals surface area contributed by atoms with Gasteiger partial charge in [0.05, 0.1) is 13.0 Å². The van der Waals surface area contributed by atoms with Crippen LogP contribution in [0, 0.1) is 0 Å². The summed E-state index contributed by atoms with van der Waals surface area (Å²) in [7, 11) is 0. The Morgan fingerprint density at radius 3 is 2.42 bits per heavy atom.